The van der Waals surface area contributed by atoms with E-state index < -0.39 is 23.1 Å². The smallest absolute Gasteiger partial charge is 0.267 e. The number of hydrogen-bond donors (Lipinski definition) is 1. The van der Waals surface area contributed by atoms with E-state index in [2.05, 4.69) is 6.07 Å². The van der Waals surface area contributed by atoms with Crippen LogP contribution in [0.2, 0.25) is 0 Å². The molecule has 1 N–H and O–H groups in total. The van der Waals surface area contributed by atoms with E-state index in [-0.39, 0.29) is 31.6 Å². The van der Waals surface area contributed by atoms with Gasteiger partial charge in [-0.25, -0.2) is 0 Å². The Hall–Kier alpha value is -2.19. The lowest BCUT2D eigenvalue weighted by atomic mass is 9.81. The zero-order valence-corrected chi connectivity index (χ0v) is 16.5. The van der Waals surface area contributed by atoms with Crippen LogP contribution in [0.4, 0.5) is 0 Å². The molecule has 1 aliphatic carbocycles. The number of rotatable bonds is 2. The van der Waals surface area contributed by atoms with Gasteiger partial charge >= 0.3 is 0 Å². The summed E-state index contributed by atoms with van der Waals surface area (Å²) >= 11 is 0. The lowest BCUT2D eigenvalue weighted by Crippen LogP contribution is -2.66. The lowest BCUT2D eigenvalue weighted by molar-refractivity contribution is -0.586. The van der Waals surface area contributed by atoms with E-state index >= 15 is 0 Å². The number of piperidine rings is 1. The number of fused-ring (bicyclic) bond motifs is 5. The number of nitrogens with zero attached hydrogens (tertiary/aromatic N) is 2. The fourth-order valence-electron chi connectivity index (χ4n) is 5.11. The summed E-state index contributed by atoms with van der Waals surface area (Å²) in [6.45, 7) is -0.326. The van der Waals surface area contributed by atoms with E-state index in [1.165, 1.54) is 4.90 Å². The molecule has 8 nitrogen and oxygen atoms in total. The molecule has 0 spiro atoms. The summed E-state index contributed by atoms with van der Waals surface area (Å²) in [5, 5.41) is 21.9. The monoisotopic (exact) mass is 404 g/mol. The van der Waals surface area contributed by atoms with Crippen molar-refractivity contribution in [3.8, 4) is 5.75 Å². The SMILES string of the molecule is O=C1COc2ccccc2C2CCC(CC2)OCC2N1CCCC2(CO)[N+](=O)[O-]. The molecule has 2 fully saturated rings. The summed E-state index contributed by atoms with van der Waals surface area (Å²) in [6, 6.07) is 7.01. The van der Waals surface area contributed by atoms with Crippen LogP contribution in [0.3, 0.4) is 0 Å². The molecule has 1 saturated heterocycles. The van der Waals surface area contributed by atoms with Crippen molar-refractivity contribution in [3.05, 3.63) is 39.9 Å². The van der Waals surface area contributed by atoms with Gasteiger partial charge in [-0.2, -0.15) is 0 Å². The lowest BCUT2D eigenvalue weighted by Gasteiger charge is -2.43. The Balaban J connectivity index is 1.67. The third-order valence-corrected chi connectivity index (χ3v) is 6.84. The van der Waals surface area contributed by atoms with Crippen LogP contribution in [0.15, 0.2) is 24.3 Å². The molecule has 0 radical (unpaired) electrons. The average Bonchev–Trinajstić information content (AvgIpc) is 2.77. The van der Waals surface area contributed by atoms with E-state index in [9.17, 15) is 20.0 Å². The fraction of sp³-hybridized carbons (Fsp3) is 0.667. The van der Waals surface area contributed by atoms with Gasteiger partial charge in [0, 0.05) is 17.9 Å². The number of aliphatic hydroxyl groups excluding tert-OH is 1. The number of carbonyl (C=O) groups is 1. The van der Waals surface area contributed by atoms with Crippen LogP contribution >= 0.6 is 0 Å². The van der Waals surface area contributed by atoms with Crippen molar-refractivity contribution in [1.82, 2.24) is 4.90 Å². The minimum atomic E-state index is -1.59. The summed E-state index contributed by atoms with van der Waals surface area (Å²) < 4.78 is 12.0. The van der Waals surface area contributed by atoms with Crippen LogP contribution in [-0.2, 0) is 9.53 Å². The molecule has 2 unspecified atom stereocenters. The average molecular weight is 404 g/mol. The number of amides is 1. The molecule has 4 aliphatic rings. The third-order valence-electron chi connectivity index (χ3n) is 6.84. The van der Waals surface area contributed by atoms with Crippen LogP contribution in [0.5, 0.6) is 5.75 Å². The van der Waals surface area contributed by atoms with Gasteiger partial charge in [-0.3, -0.25) is 14.9 Å². The predicted molar refractivity (Wildman–Crippen MR) is 104 cm³/mol. The van der Waals surface area contributed by atoms with Gasteiger partial charge < -0.3 is 19.5 Å². The van der Waals surface area contributed by atoms with Crippen LogP contribution < -0.4 is 4.74 Å². The standard InChI is InChI=1S/C21H28N2O6/c24-14-21(23(26)27)10-3-11-22-19(21)12-28-16-8-6-15(7-9-16)17-4-1-2-5-18(17)29-13-20(22)25/h1-2,4-5,15-16,19,24H,3,6-14H2. The first-order chi connectivity index (χ1) is 14.0. The first-order valence-electron chi connectivity index (χ1n) is 10.4. The van der Waals surface area contributed by atoms with E-state index in [0.717, 1.165) is 31.2 Å². The molecule has 158 valence electrons. The Morgan fingerprint density at radius 2 is 2.00 bits per heavy atom. The molecule has 2 bridgehead atoms. The Morgan fingerprint density at radius 1 is 1.24 bits per heavy atom. The molecular formula is C21H28N2O6. The molecule has 29 heavy (non-hydrogen) atoms. The maximum atomic E-state index is 13.0. The van der Waals surface area contributed by atoms with Gasteiger partial charge in [-0.05, 0) is 49.7 Å². The van der Waals surface area contributed by atoms with Crippen LogP contribution in [-0.4, -0.2) is 64.9 Å². The molecule has 5 rings (SSSR count). The molecule has 1 aromatic carbocycles. The summed E-state index contributed by atoms with van der Waals surface area (Å²) in [6.07, 6.45) is 4.34. The van der Waals surface area contributed by atoms with Gasteiger partial charge in [0.15, 0.2) is 6.61 Å². The van der Waals surface area contributed by atoms with Crippen LogP contribution in [0.1, 0.15) is 50.0 Å². The first kappa shape index (κ1) is 20.1. The predicted octanol–water partition coefficient (Wildman–Crippen LogP) is 2.12. The molecule has 1 aromatic rings. The van der Waals surface area contributed by atoms with Crippen molar-refractivity contribution in [2.24, 2.45) is 0 Å². The maximum absolute atomic E-state index is 13.0. The van der Waals surface area contributed by atoms with Crippen molar-refractivity contribution in [3.63, 3.8) is 0 Å². The number of carbonyl (C=O) groups excluding carboxylic acids is 1. The summed E-state index contributed by atoms with van der Waals surface area (Å²) in [5.41, 5.74) is -0.480. The molecular weight excluding hydrogens is 376 g/mol. The van der Waals surface area contributed by atoms with Gasteiger partial charge in [0.05, 0.1) is 12.7 Å². The molecule has 1 amide bonds. The second-order valence-electron chi connectivity index (χ2n) is 8.36. The Bertz CT molecular complexity index is 763. The third kappa shape index (κ3) is 3.71. The number of hydrogen-bond acceptors (Lipinski definition) is 6. The van der Waals surface area contributed by atoms with E-state index in [1.807, 2.05) is 18.2 Å². The zero-order chi connectivity index (χ0) is 20.4. The van der Waals surface area contributed by atoms with Crippen molar-refractivity contribution in [1.29, 1.82) is 0 Å². The Kier molecular flexibility index (Phi) is 5.74. The zero-order valence-electron chi connectivity index (χ0n) is 16.5. The molecule has 0 aromatic heterocycles. The number of ether oxygens (including phenoxy) is 2. The van der Waals surface area contributed by atoms with E-state index in [4.69, 9.17) is 9.47 Å². The molecule has 3 heterocycles. The minimum Gasteiger partial charge on any atom is -0.483 e. The maximum Gasteiger partial charge on any atom is 0.267 e. The summed E-state index contributed by atoms with van der Waals surface area (Å²) in [7, 11) is 0. The molecule has 2 atom stereocenters. The van der Waals surface area contributed by atoms with Gasteiger partial charge in [0.1, 0.15) is 18.4 Å². The van der Waals surface area contributed by atoms with E-state index in [0.29, 0.717) is 24.6 Å². The number of para-hydroxylation sites is 1. The van der Waals surface area contributed by atoms with Gasteiger partial charge in [-0.15, -0.1) is 0 Å². The topological polar surface area (TPSA) is 102 Å². The quantitative estimate of drug-likeness (QED) is 0.598. The first-order valence-corrected chi connectivity index (χ1v) is 10.4. The van der Waals surface area contributed by atoms with Crippen molar-refractivity contribution >= 4 is 5.91 Å². The second kappa shape index (κ2) is 8.28. The number of benzene rings is 1. The van der Waals surface area contributed by atoms with Gasteiger partial charge in [-0.1, -0.05) is 18.2 Å². The second-order valence-corrected chi connectivity index (χ2v) is 8.36. The minimum absolute atomic E-state index is 0.0158. The molecule has 1 saturated carbocycles. The highest BCUT2D eigenvalue weighted by Crippen LogP contribution is 2.39. The highest BCUT2D eigenvalue weighted by molar-refractivity contribution is 5.78. The summed E-state index contributed by atoms with van der Waals surface area (Å²) in [5.74, 6) is 0.764. The highest BCUT2D eigenvalue weighted by Gasteiger charge is 2.56. The fourth-order valence-corrected chi connectivity index (χ4v) is 5.11. The number of aliphatic hydroxyl groups is 1. The Morgan fingerprint density at radius 3 is 2.72 bits per heavy atom. The van der Waals surface area contributed by atoms with Gasteiger partial charge in [0.25, 0.3) is 11.4 Å². The van der Waals surface area contributed by atoms with Crippen molar-refractivity contribution in [2.45, 2.75) is 62.1 Å². The highest BCUT2D eigenvalue weighted by atomic mass is 16.6. The Labute approximate surface area is 169 Å². The molecule has 3 aliphatic heterocycles. The van der Waals surface area contributed by atoms with Gasteiger partial charge in [0.2, 0.25) is 0 Å². The van der Waals surface area contributed by atoms with Crippen molar-refractivity contribution < 1.29 is 24.3 Å². The molecule has 8 heteroatoms. The van der Waals surface area contributed by atoms with Crippen LogP contribution in [0.25, 0.3) is 0 Å². The largest absolute Gasteiger partial charge is 0.483 e. The normalized spacial score (nSPS) is 32.8. The number of nitro groups is 1. The van der Waals surface area contributed by atoms with Crippen molar-refractivity contribution in [2.75, 3.05) is 26.4 Å². The van der Waals surface area contributed by atoms with E-state index in [1.54, 1.807) is 0 Å². The van der Waals surface area contributed by atoms with Crippen LogP contribution in [0, 0.1) is 10.1 Å². The summed E-state index contributed by atoms with van der Waals surface area (Å²) in [4.78, 5) is 26.0.